The maximum Gasteiger partial charge on any atom is 0.233 e. The third kappa shape index (κ3) is 6.06. The summed E-state index contributed by atoms with van der Waals surface area (Å²) in [6, 6.07) is 0. The summed E-state index contributed by atoms with van der Waals surface area (Å²) in [6.45, 7) is 24.8. The lowest BCUT2D eigenvalue weighted by molar-refractivity contribution is -0.141. The minimum atomic E-state index is -0.350. The van der Waals surface area contributed by atoms with Gasteiger partial charge in [0.15, 0.2) is 0 Å². The van der Waals surface area contributed by atoms with Crippen LogP contribution in [-0.4, -0.2) is 36.0 Å². The predicted molar refractivity (Wildman–Crippen MR) is 120 cm³/mol. The van der Waals surface area contributed by atoms with Gasteiger partial charge in [0.05, 0.1) is 17.9 Å². The molecule has 4 nitrogen and oxygen atoms in total. The molecule has 0 aromatic heterocycles. The fraction of sp³-hybridized carbons (Fsp3) is 0.920. The zero-order valence-corrected chi connectivity index (χ0v) is 21.0. The van der Waals surface area contributed by atoms with E-state index < -0.39 is 0 Å². The second kappa shape index (κ2) is 9.49. The van der Waals surface area contributed by atoms with Crippen LogP contribution < -0.4 is 0 Å². The predicted octanol–water partition coefficient (Wildman–Crippen LogP) is 5.94. The van der Waals surface area contributed by atoms with E-state index in [-0.39, 0.29) is 51.9 Å². The molecule has 1 fully saturated rings. The summed E-state index contributed by atoms with van der Waals surface area (Å²) in [5.74, 6) is -0.464. The Morgan fingerprint density at radius 1 is 0.931 bits per heavy atom. The van der Waals surface area contributed by atoms with E-state index in [2.05, 4.69) is 69.2 Å². The van der Waals surface area contributed by atoms with E-state index in [1.807, 2.05) is 6.92 Å². The van der Waals surface area contributed by atoms with Gasteiger partial charge >= 0.3 is 0 Å². The standard InChI is InChI=1S/C25H47NO3/c1-12-14-15-29-18(16-23(4,5)6)17(3)25(10,11)20-19(24(7,8)9)21(27)26(13-2)22(20)28/h17-20H,12-16H2,1-11H3. The van der Waals surface area contributed by atoms with E-state index in [9.17, 15) is 9.59 Å². The topological polar surface area (TPSA) is 46.6 Å². The molecule has 0 aromatic carbocycles. The molecular weight excluding hydrogens is 362 g/mol. The van der Waals surface area contributed by atoms with Gasteiger partial charge in [0.25, 0.3) is 0 Å². The minimum absolute atomic E-state index is 0.00246. The number of rotatable bonds is 9. The Hall–Kier alpha value is -0.900. The van der Waals surface area contributed by atoms with Crippen LogP contribution in [0.5, 0.6) is 0 Å². The van der Waals surface area contributed by atoms with Crippen molar-refractivity contribution in [3.63, 3.8) is 0 Å². The van der Waals surface area contributed by atoms with E-state index in [1.54, 1.807) is 0 Å². The van der Waals surface area contributed by atoms with Crippen molar-refractivity contribution in [3.8, 4) is 0 Å². The molecule has 0 radical (unpaired) electrons. The van der Waals surface area contributed by atoms with Crippen LogP contribution in [0.1, 0.15) is 95.4 Å². The van der Waals surface area contributed by atoms with Crippen molar-refractivity contribution in [2.45, 2.75) is 102 Å². The van der Waals surface area contributed by atoms with Gasteiger partial charge in [-0.1, -0.05) is 75.7 Å². The highest BCUT2D eigenvalue weighted by molar-refractivity contribution is 6.05. The Bertz CT molecular complexity index is 568. The zero-order valence-electron chi connectivity index (χ0n) is 21.0. The van der Waals surface area contributed by atoms with Crippen LogP contribution in [0.4, 0.5) is 0 Å². The van der Waals surface area contributed by atoms with Crippen LogP contribution in [-0.2, 0) is 14.3 Å². The van der Waals surface area contributed by atoms with Gasteiger partial charge in [-0.25, -0.2) is 0 Å². The van der Waals surface area contributed by atoms with Crippen LogP contribution in [0.25, 0.3) is 0 Å². The van der Waals surface area contributed by atoms with Crippen molar-refractivity contribution in [1.29, 1.82) is 0 Å². The fourth-order valence-electron chi connectivity index (χ4n) is 4.78. The molecule has 1 rings (SSSR count). The first kappa shape index (κ1) is 26.1. The molecule has 0 spiro atoms. The number of carbonyl (C=O) groups is 2. The third-order valence-corrected chi connectivity index (χ3v) is 6.82. The monoisotopic (exact) mass is 409 g/mol. The van der Waals surface area contributed by atoms with Gasteiger partial charge in [0, 0.05) is 13.2 Å². The van der Waals surface area contributed by atoms with Crippen LogP contribution in [0.15, 0.2) is 0 Å². The number of carbonyl (C=O) groups excluding carboxylic acids is 2. The molecule has 1 heterocycles. The van der Waals surface area contributed by atoms with Gasteiger partial charge in [-0.2, -0.15) is 0 Å². The average molecular weight is 410 g/mol. The van der Waals surface area contributed by atoms with Crippen molar-refractivity contribution < 1.29 is 14.3 Å². The Morgan fingerprint density at radius 3 is 1.86 bits per heavy atom. The van der Waals surface area contributed by atoms with E-state index in [0.717, 1.165) is 25.9 Å². The highest BCUT2D eigenvalue weighted by Crippen LogP contribution is 2.52. The Labute approximate surface area is 180 Å². The van der Waals surface area contributed by atoms with E-state index in [0.29, 0.717) is 6.54 Å². The lowest BCUT2D eigenvalue weighted by Crippen LogP contribution is -2.47. The van der Waals surface area contributed by atoms with Crippen LogP contribution in [0, 0.1) is 34.0 Å². The maximum absolute atomic E-state index is 13.4. The molecule has 0 bridgehead atoms. The summed E-state index contributed by atoms with van der Waals surface area (Å²) < 4.78 is 6.39. The smallest absolute Gasteiger partial charge is 0.233 e. The van der Waals surface area contributed by atoms with Crippen LogP contribution in [0.3, 0.4) is 0 Å². The summed E-state index contributed by atoms with van der Waals surface area (Å²) >= 11 is 0. The molecule has 1 saturated heterocycles. The average Bonchev–Trinajstić information content (AvgIpc) is 2.83. The largest absolute Gasteiger partial charge is 0.378 e. The minimum Gasteiger partial charge on any atom is -0.378 e. The number of ether oxygens (including phenoxy) is 1. The van der Waals surface area contributed by atoms with E-state index in [4.69, 9.17) is 4.74 Å². The number of unbranched alkanes of at least 4 members (excludes halogenated alkanes) is 1. The maximum atomic E-state index is 13.4. The second-order valence-corrected chi connectivity index (χ2v) is 11.9. The second-order valence-electron chi connectivity index (χ2n) is 11.9. The van der Waals surface area contributed by atoms with Gasteiger partial charge in [-0.15, -0.1) is 0 Å². The number of amides is 2. The molecule has 1 aliphatic rings. The molecule has 4 heteroatoms. The van der Waals surface area contributed by atoms with Gasteiger partial charge in [-0.05, 0) is 41.9 Å². The Kier molecular flexibility index (Phi) is 8.55. The first-order valence-electron chi connectivity index (χ1n) is 11.6. The molecule has 0 saturated carbocycles. The highest BCUT2D eigenvalue weighted by atomic mass is 16.5. The Balaban J connectivity index is 3.31. The summed E-state index contributed by atoms with van der Waals surface area (Å²) in [7, 11) is 0. The van der Waals surface area contributed by atoms with Gasteiger partial charge in [-0.3, -0.25) is 14.5 Å². The van der Waals surface area contributed by atoms with Crippen molar-refractivity contribution in [3.05, 3.63) is 0 Å². The van der Waals surface area contributed by atoms with Gasteiger partial charge in [0.1, 0.15) is 0 Å². The molecule has 170 valence electrons. The molecule has 4 unspecified atom stereocenters. The first-order chi connectivity index (χ1) is 13.1. The molecule has 2 amide bonds. The van der Waals surface area contributed by atoms with Crippen LogP contribution >= 0.6 is 0 Å². The molecule has 1 aliphatic heterocycles. The molecular formula is C25H47NO3. The lowest BCUT2D eigenvalue weighted by atomic mass is 9.59. The number of likely N-dealkylation sites (tertiary alicyclic amines) is 1. The summed E-state index contributed by atoms with van der Waals surface area (Å²) in [5, 5.41) is 0. The van der Waals surface area contributed by atoms with Crippen molar-refractivity contribution >= 4 is 11.8 Å². The normalized spacial score (nSPS) is 23.6. The van der Waals surface area contributed by atoms with Crippen molar-refractivity contribution in [1.82, 2.24) is 4.90 Å². The molecule has 0 N–H and O–H groups in total. The lowest BCUT2D eigenvalue weighted by Gasteiger charge is -2.45. The third-order valence-electron chi connectivity index (χ3n) is 6.82. The van der Waals surface area contributed by atoms with Crippen molar-refractivity contribution in [2.75, 3.05) is 13.2 Å². The summed E-state index contributed by atoms with van der Waals surface area (Å²) in [5.41, 5.74) is -0.479. The summed E-state index contributed by atoms with van der Waals surface area (Å²) in [6.07, 6.45) is 3.15. The summed E-state index contributed by atoms with van der Waals surface area (Å²) in [4.78, 5) is 28.0. The zero-order chi connectivity index (χ0) is 22.8. The fourth-order valence-corrected chi connectivity index (χ4v) is 4.78. The molecule has 0 aromatic rings. The first-order valence-corrected chi connectivity index (χ1v) is 11.6. The van der Waals surface area contributed by atoms with E-state index >= 15 is 0 Å². The number of hydrogen-bond donors (Lipinski definition) is 0. The van der Waals surface area contributed by atoms with E-state index in [1.165, 1.54) is 4.90 Å². The number of imide groups is 1. The Morgan fingerprint density at radius 2 is 1.45 bits per heavy atom. The van der Waals surface area contributed by atoms with Crippen molar-refractivity contribution in [2.24, 2.45) is 34.0 Å². The quantitative estimate of drug-likeness (QED) is 0.350. The number of nitrogens with zero attached hydrogens (tertiary/aromatic N) is 1. The van der Waals surface area contributed by atoms with Gasteiger partial charge in [0.2, 0.25) is 11.8 Å². The highest BCUT2D eigenvalue weighted by Gasteiger charge is 2.59. The molecule has 4 atom stereocenters. The number of hydrogen-bond acceptors (Lipinski definition) is 3. The van der Waals surface area contributed by atoms with Crippen LogP contribution in [0.2, 0.25) is 0 Å². The molecule has 29 heavy (non-hydrogen) atoms. The molecule has 0 aliphatic carbocycles. The van der Waals surface area contributed by atoms with Gasteiger partial charge < -0.3 is 4.74 Å². The SMILES string of the molecule is CCCCOC(CC(C)(C)C)C(C)C(C)(C)C1C(=O)N(CC)C(=O)C1C(C)(C)C.